The Balaban J connectivity index is 1.96. The molecule has 0 fully saturated rings. The second-order valence-corrected chi connectivity index (χ2v) is 6.65. The van der Waals surface area contributed by atoms with Gasteiger partial charge in [0.2, 0.25) is 5.91 Å². The molecule has 0 bridgehead atoms. The molecule has 2 rings (SSSR count). The Morgan fingerprint density at radius 1 is 1.43 bits per heavy atom. The van der Waals surface area contributed by atoms with Gasteiger partial charge in [-0.2, -0.15) is 0 Å². The number of nitrogens with zero attached hydrogens (tertiary/aromatic N) is 2. The van der Waals surface area contributed by atoms with Gasteiger partial charge in [0, 0.05) is 13.2 Å². The van der Waals surface area contributed by atoms with Crippen LogP contribution in [0, 0.1) is 0 Å². The number of likely N-dealkylation sites (N-methyl/N-ethyl adjacent to an activating group) is 1. The fourth-order valence-corrected chi connectivity index (χ4v) is 2.95. The number of aromatic nitrogens is 1. The SMILES string of the molecule is CN(CC(=O)Nc1ncccc1O)C(=O)c1ccc(Br)s1. The standard InChI is InChI=1S/C13H12BrN3O3S/c1-17(13(20)9-4-5-10(14)21-9)7-11(19)16-12-8(18)3-2-6-15-12/h2-6,18H,7H2,1H3,(H,15,16,19). The molecule has 0 aliphatic rings. The number of aromatic hydroxyl groups is 1. The van der Waals surface area contributed by atoms with Gasteiger partial charge in [-0.1, -0.05) is 0 Å². The first-order chi connectivity index (χ1) is 9.97. The van der Waals surface area contributed by atoms with Gasteiger partial charge in [0.15, 0.2) is 11.6 Å². The molecule has 2 aromatic rings. The zero-order valence-corrected chi connectivity index (χ0v) is 13.4. The molecular weight excluding hydrogens is 358 g/mol. The fraction of sp³-hybridized carbons (Fsp3) is 0.154. The topological polar surface area (TPSA) is 82.5 Å². The van der Waals surface area contributed by atoms with Crippen molar-refractivity contribution in [3.8, 4) is 5.75 Å². The van der Waals surface area contributed by atoms with Gasteiger partial charge in [-0.05, 0) is 40.2 Å². The van der Waals surface area contributed by atoms with E-state index in [-0.39, 0.29) is 24.0 Å². The molecule has 6 nitrogen and oxygen atoms in total. The van der Waals surface area contributed by atoms with Crippen LogP contribution in [0.25, 0.3) is 0 Å². The monoisotopic (exact) mass is 369 g/mol. The van der Waals surface area contributed by atoms with E-state index < -0.39 is 5.91 Å². The fourth-order valence-electron chi connectivity index (χ4n) is 1.57. The van der Waals surface area contributed by atoms with E-state index in [9.17, 15) is 14.7 Å². The van der Waals surface area contributed by atoms with E-state index in [1.807, 2.05) is 0 Å². The number of hydrogen-bond donors (Lipinski definition) is 2. The molecule has 2 N–H and O–H groups in total. The largest absolute Gasteiger partial charge is 0.504 e. The molecule has 0 aliphatic heterocycles. The average molecular weight is 370 g/mol. The highest BCUT2D eigenvalue weighted by molar-refractivity contribution is 9.11. The van der Waals surface area contributed by atoms with Crippen LogP contribution in [0.1, 0.15) is 9.67 Å². The van der Waals surface area contributed by atoms with Crippen molar-refractivity contribution >= 4 is 44.9 Å². The molecule has 0 aromatic carbocycles. The first kappa shape index (κ1) is 15.5. The van der Waals surface area contributed by atoms with Crippen molar-refractivity contribution in [1.82, 2.24) is 9.88 Å². The summed E-state index contributed by atoms with van der Waals surface area (Å²) < 4.78 is 0.849. The van der Waals surface area contributed by atoms with Crippen molar-refractivity contribution in [3.63, 3.8) is 0 Å². The van der Waals surface area contributed by atoms with Gasteiger partial charge in [0.25, 0.3) is 5.91 Å². The van der Waals surface area contributed by atoms with Crippen molar-refractivity contribution in [1.29, 1.82) is 0 Å². The lowest BCUT2D eigenvalue weighted by atomic mass is 10.4. The van der Waals surface area contributed by atoms with Crippen LogP contribution in [-0.4, -0.2) is 40.4 Å². The number of amides is 2. The Labute approximate surface area is 133 Å². The van der Waals surface area contributed by atoms with E-state index in [0.717, 1.165) is 3.79 Å². The number of carbonyl (C=O) groups is 2. The third-order valence-corrected chi connectivity index (χ3v) is 4.17. The lowest BCUT2D eigenvalue weighted by molar-refractivity contribution is -0.116. The summed E-state index contributed by atoms with van der Waals surface area (Å²) in [7, 11) is 1.54. The van der Waals surface area contributed by atoms with Gasteiger partial charge in [0.1, 0.15) is 0 Å². The molecular formula is C13H12BrN3O3S. The number of nitrogens with one attached hydrogen (secondary N) is 1. The highest BCUT2D eigenvalue weighted by Crippen LogP contribution is 2.23. The molecule has 2 heterocycles. The maximum atomic E-state index is 12.1. The number of pyridine rings is 1. The quantitative estimate of drug-likeness (QED) is 0.866. The number of thiophene rings is 1. The number of carbonyl (C=O) groups excluding carboxylic acids is 2. The van der Waals surface area contributed by atoms with Crippen LogP contribution in [-0.2, 0) is 4.79 Å². The van der Waals surface area contributed by atoms with Crippen molar-refractivity contribution in [2.45, 2.75) is 0 Å². The molecule has 0 atom stereocenters. The van der Waals surface area contributed by atoms with Crippen molar-refractivity contribution in [2.75, 3.05) is 18.9 Å². The van der Waals surface area contributed by atoms with E-state index >= 15 is 0 Å². The van der Waals surface area contributed by atoms with Gasteiger partial charge in [-0.25, -0.2) is 4.98 Å². The van der Waals surface area contributed by atoms with Crippen LogP contribution in [0.15, 0.2) is 34.2 Å². The average Bonchev–Trinajstić information content (AvgIpc) is 2.87. The molecule has 8 heteroatoms. The van der Waals surface area contributed by atoms with Gasteiger partial charge in [-0.3, -0.25) is 9.59 Å². The number of hydrogen-bond acceptors (Lipinski definition) is 5. The van der Waals surface area contributed by atoms with E-state index in [0.29, 0.717) is 4.88 Å². The van der Waals surface area contributed by atoms with Crippen LogP contribution < -0.4 is 5.32 Å². The zero-order valence-electron chi connectivity index (χ0n) is 11.0. The summed E-state index contributed by atoms with van der Waals surface area (Å²) in [5.41, 5.74) is 0. The minimum Gasteiger partial charge on any atom is -0.504 e. The van der Waals surface area contributed by atoms with E-state index in [4.69, 9.17) is 0 Å². The second-order valence-electron chi connectivity index (χ2n) is 4.18. The molecule has 0 radical (unpaired) electrons. The maximum absolute atomic E-state index is 12.1. The molecule has 0 spiro atoms. The summed E-state index contributed by atoms with van der Waals surface area (Å²) in [6, 6.07) is 6.43. The Hall–Kier alpha value is -1.93. The summed E-state index contributed by atoms with van der Waals surface area (Å²) in [5, 5.41) is 12.0. The highest BCUT2D eigenvalue weighted by Gasteiger charge is 2.17. The van der Waals surface area contributed by atoms with Crippen LogP contribution in [0.5, 0.6) is 5.75 Å². The normalized spacial score (nSPS) is 10.2. The van der Waals surface area contributed by atoms with Crippen LogP contribution in [0.4, 0.5) is 5.82 Å². The van der Waals surface area contributed by atoms with Crippen LogP contribution in [0.3, 0.4) is 0 Å². The molecule has 0 unspecified atom stereocenters. The lowest BCUT2D eigenvalue weighted by Crippen LogP contribution is -2.34. The molecule has 0 saturated heterocycles. The summed E-state index contributed by atoms with van der Waals surface area (Å²) in [6.45, 7) is -0.135. The van der Waals surface area contributed by atoms with Crippen molar-refractivity contribution in [3.05, 3.63) is 39.1 Å². The molecule has 0 aliphatic carbocycles. The molecule has 2 aromatic heterocycles. The smallest absolute Gasteiger partial charge is 0.264 e. The van der Waals surface area contributed by atoms with Crippen LogP contribution >= 0.6 is 27.3 Å². The van der Waals surface area contributed by atoms with Crippen molar-refractivity contribution in [2.24, 2.45) is 0 Å². The minimum atomic E-state index is -0.435. The van der Waals surface area contributed by atoms with E-state index in [1.54, 1.807) is 18.2 Å². The zero-order chi connectivity index (χ0) is 15.4. The maximum Gasteiger partial charge on any atom is 0.264 e. The van der Waals surface area contributed by atoms with E-state index in [1.165, 1.54) is 35.5 Å². The predicted molar refractivity (Wildman–Crippen MR) is 83.5 cm³/mol. The second kappa shape index (κ2) is 6.68. The minimum absolute atomic E-state index is 0.0715. The molecule has 2 amide bonds. The summed E-state index contributed by atoms with van der Waals surface area (Å²) in [5.74, 6) is -0.731. The number of halogens is 1. The van der Waals surface area contributed by atoms with Gasteiger partial charge in [0.05, 0.1) is 15.2 Å². The summed E-state index contributed by atoms with van der Waals surface area (Å²) in [4.78, 5) is 29.6. The van der Waals surface area contributed by atoms with Gasteiger partial charge >= 0.3 is 0 Å². The summed E-state index contributed by atoms with van der Waals surface area (Å²) in [6.07, 6.45) is 1.45. The van der Waals surface area contributed by atoms with Crippen molar-refractivity contribution < 1.29 is 14.7 Å². The highest BCUT2D eigenvalue weighted by atomic mass is 79.9. The Morgan fingerprint density at radius 3 is 2.81 bits per heavy atom. The molecule has 110 valence electrons. The Kier molecular flexibility index (Phi) is 4.92. The third-order valence-electron chi connectivity index (χ3n) is 2.56. The summed E-state index contributed by atoms with van der Waals surface area (Å²) >= 11 is 4.58. The van der Waals surface area contributed by atoms with Crippen LogP contribution in [0.2, 0.25) is 0 Å². The number of anilines is 1. The Bertz CT molecular complexity index is 674. The predicted octanol–water partition coefficient (Wildman–Crippen LogP) is 2.32. The molecule has 21 heavy (non-hydrogen) atoms. The van der Waals surface area contributed by atoms with E-state index in [2.05, 4.69) is 26.2 Å². The number of rotatable bonds is 4. The molecule has 0 saturated carbocycles. The first-order valence-corrected chi connectivity index (χ1v) is 7.53. The third kappa shape index (κ3) is 4.02. The first-order valence-electron chi connectivity index (χ1n) is 5.92. The van der Waals surface area contributed by atoms with Gasteiger partial charge in [-0.15, -0.1) is 11.3 Å². The lowest BCUT2D eigenvalue weighted by Gasteiger charge is -2.15. The van der Waals surface area contributed by atoms with Gasteiger partial charge < -0.3 is 15.3 Å². The Morgan fingerprint density at radius 2 is 2.19 bits per heavy atom.